The summed E-state index contributed by atoms with van der Waals surface area (Å²) in [7, 11) is 0. The minimum absolute atomic E-state index is 0.192. The highest BCUT2D eigenvalue weighted by atomic mass is 35.5. The van der Waals surface area contributed by atoms with Crippen molar-refractivity contribution in [1.29, 1.82) is 0 Å². The predicted molar refractivity (Wildman–Crippen MR) is 99.6 cm³/mol. The largest absolute Gasteiger partial charge is 0.493 e. The molecule has 1 saturated heterocycles. The summed E-state index contributed by atoms with van der Waals surface area (Å²) in [5, 5.41) is 0.766. The molecular weight excluding hydrogens is 336 g/mol. The van der Waals surface area contributed by atoms with Crippen LogP contribution in [-0.4, -0.2) is 43.6 Å². The lowest BCUT2D eigenvalue weighted by atomic mass is 10.1. The molecule has 2 heterocycles. The number of amides is 1. The summed E-state index contributed by atoms with van der Waals surface area (Å²) >= 11 is 6.28. The summed E-state index contributed by atoms with van der Waals surface area (Å²) in [4.78, 5) is 16.8. The highest BCUT2D eigenvalue weighted by Gasteiger charge is 2.23. The van der Waals surface area contributed by atoms with Crippen molar-refractivity contribution in [1.82, 2.24) is 4.90 Å². The number of para-hydroxylation sites is 1. The first-order chi connectivity index (χ1) is 12.2. The number of piperazine rings is 1. The second kappa shape index (κ2) is 6.96. The van der Waals surface area contributed by atoms with E-state index >= 15 is 0 Å². The topological polar surface area (TPSA) is 32.8 Å². The number of fused-ring (bicyclic) bond motifs is 1. The van der Waals surface area contributed by atoms with E-state index in [0.29, 0.717) is 6.42 Å². The van der Waals surface area contributed by atoms with E-state index in [0.717, 1.165) is 61.2 Å². The highest BCUT2D eigenvalue weighted by Crippen LogP contribution is 2.27. The van der Waals surface area contributed by atoms with Crippen molar-refractivity contribution in [2.24, 2.45) is 0 Å². The van der Waals surface area contributed by atoms with E-state index in [2.05, 4.69) is 11.0 Å². The van der Waals surface area contributed by atoms with Crippen molar-refractivity contribution in [3.63, 3.8) is 0 Å². The quantitative estimate of drug-likeness (QED) is 0.846. The van der Waals surface area contributed by atoms with E-state index in [1.54, 1.807) is 0 Å². The Morgan fingerprint density at radius 2 is 1.88 bits per heavy atom. The Hall–Kier alpha value is -2.20. The van der Waals surface area contributed by atoms with Crippen LogP contribution in [0.1, 0.15) is 11.1 Å². The maximum atomic E-state index is 12.6. The molecule has 2 aliphatic heterocycles. The van der Waals surface area contributed by atoms with Crippen molar-refractivity contribution in [2.75, 3.05) is 37.7 Å². The minimum Gasteiger partial charge on any atom is -0.493 e. The number of hydrogen-bond donors (Lipinski definition) is 0. The van der Waals surface area contributed by atoms with E-state index < -0.39 is 0 Å². The fraction of sp³-hybridized carbons (Fsp3) is 0.350. The smallest absolute Gasteiger partial charge is 0.227 e. The van der Waals surface area contributed by atoms with Gasteiger partial charge >= 0.3 is 0 Å². The van der Waals surface area contributed by atoms with Crippen molar-refractivity contribution in [3.05, 3.63) is 58.6 Å². The molecule has 0 unspecified atom stereocenters. The van der Waals surface area contributed by atoms with Crippen LogP contribution in [-0.2, 0) is 17.6 Å². The fourth-order valence-corrected chi connectivity index (χ4v) is 3.80. The molecule has 0 aromatic heterocycles. The molecule has 2 aromatic rings. The third kappa shape index (κ3) is 3.45. The molecule has 0 radical (unpaired) electrons. The number of benzene rings is 2. The standard InChI is InChI=1S/C20H21ClN2O2/c21-17-3-1-2-4-18(17)22-8-10-23(11-9-22)20(24)14-15-5-6-19-16(13-15)7-12-25-19/h1-6,13H,7-12,14H2. The van der Waals surface area contributed by atoms with Gasteiger partial charge in [-0.3, -0.25) is 4.79 Å². The van der Waals surface area contributed by atoms with Gasteiger partial charge in [0.25, 0.3) is 0 Å². The van der Waals surface area contributed by atoms with Crippen LogP contribution in [0.4, 0.5) is 5.69 Å². The lowest BCUT2D eigenvalue weighted by Gasteiger charge is -2.36. The van der Waals surface area contributed by atoms with Crippen LogP contribution in [0.15, 0.2) is 42.5 Å². The van der Waals surface area contributed by atoms with Crippen LogP contribution in [0, 0.1) is 0 Å². The van der Waals surface area contributed by atoms with Crippen LogP contribution in [0.5, 0.6) is 5.75 Å². The zero-order chi connectivity index (χ0) is 17.2. The fourth-order valence-electron chi connectivity index (χ4n) is 3.54. The lowest BCUT2D eigenvalue weighted by molar-refractivity contribution is -0.130. The molecule has 0 saturated carbocycles. The van der Waals surface area contributed by atoms with E-state index in [4.69, 9.17) is 16.3 Å². The molecule has 0 aliphatic carbocycles. The molecule has 2 aliphatic rings. The molecule has 5 heteroatoms. The third-order valence-electron chi connectivity index (χ3n) is 4.93. The van der Waals surface area contributed by atoms with Crippen LogP contribution >= 0.6 is 11.6 Å². The van der Waals surface area contributed by atoms with Crippen LogP contribution < -0.4 is 9.64 Å². The normalized spacial score (nSPS) is 16.5. The average Bonchev–Trinajstić information content (AvgIpc) is 3.10. The van der Waals surface area contributed by atoms with Gasteiger partial charge in [0.2, 0.25) is 5.91 Å². The van der Waals surface area contributed by atoms with Gasteiger partial charge < -0.3 is 14.5 Å². The van der Waals surface area contributed by atoms with E-state index in [-0.39, 0.29) is 5.91 Å². The Morgan fingerprint density at radius 3 is 2.68 bits per heavy atom. The molecule has 25 heavy (non-hydrogen) atoms. The molecular formula is C20H21ClN2O2. The number of halogens is 1. The van der Waals surface area contributed by atoms with Gasteiger partial charge in [0.1, 0.15) is 5.75 Å². The summed E-state index contributed by atoms with van der Waals surface area (Å²) in [6.45, 7) is 3.84. The zero-order valence-corrected chi connectivity index (χ0v) is 14.8. The molecule has 0 atom stereocenters. The van der Waals surface area contributed by atoms with Gasteiger partial charge in [-0.1, -0.05) is 35.9 Å². The summed E-state index contributed by atoms with van der Waals surface area (Å²) in [6.07, 6.45) is 1.40. The van der Waals surface area contributed by atoms with E-state index in [1.165, 1.54) is 5.56 Å². The Morgan fingerprint density at radius 1 is 1.08 bits per heavy atom. The van der Waals surface area contributed by atoms with Crippen molar-refractivity contribution in [3.8, 4) is 5.75 Å². The highest BCUT2D eigenvalue weighted by molar-refractivity contribution is 6.33. The molecule has 0 bridgehead atoms. The summed E-state index contributed by atoms with van der Waals surface area (Å²) in [5.41, 5.74) is 3.34. The molecule has 130 valence electrons. The van der Waals surface area contributed by atoms with Gasteiger partial charge in [-0.2, -0.15) is 0 Å². The number of rotatable bonds is 3. The number of nitrogens with zero attached hydrogens (tertiary/aromatic N) is 2. The van der Waals surface area contributed by atoms with Crippen LogP contribution in [0.3, 0.4) is 0 Å². The maximum Gasteiger partial charge on any atom is 0.227 e. The van der Waals surface area contributed by atoms with Crippen molar-refractivity contribution in [2.45, 2.75) is 12.8 Å². The Labute approximate surface area is 152 Å². The number of hydrogen-bond acceptors (Lipinski definition) is 3. The Balaban J connectivity index is 1.36. The number of anilines is 1. The molecule has 4 rings (SSSR count). The molecule has 4 nitrogen and oxygen atoms in total. The number of ether oxygens (including phenoxy) is 1. The first-order valence-corrected chi connectivity index (χ1v) is 9.10. The van der Waals surface area contributed by atoms with E-state index in [1.807, 2.05) is 41.3 Å². The van der Waals surface area contributed by atoms with Crippen LogP contribution in [0.25, 0.3) is 0 Å². The second-order valence-electron chi connectivity index (χ2n) is 6.54. The second-order valence-corrected chi connectivity index (χ2v) is 6.94. The van der Waals surface area contributed by atoms with Gasteiger partial charge in [0.05, 0.1) is 23.7 Å². The average molecular weight is 357 g/mol. The lowest BCUT2D eigenvalue weighted by Crippen LogP contribution is -2.49. The van der Waals surface area contributed by atoms with Crippen molar-refractivity contribution >= 4 is 23.2 Å². The monoisotopic (exact) mass is 356 g/mol. The van der Waals surface area contributed by atoms with Crippen molar-refractivity contribution < 1.29 is 9.53 Å². The maximum absolute atomic E-state index is 12.6. The van der Waals surface area contributed by atoms with Gasteiger partial charge in [-0.05, 0) is 29.3 Å². The summed E-state index contributed by atoms with van der Waals surface area (Å²) in [6, 6.07) is 14.0. The van der Waals surface area contributed by atoms with Gasteiger partial charge in [-0.25, -0.2) is 0 Å². The zero-order valence-electron chi connectivity index (χ0n) is 14.1. The minimum atomic E-state index is 0.192. The predicted octanol–water partition coefficient (Wildman–Crippen LogP) is 3.17. The SMILES string of the molecule is O=C(Cc1ccc2c(c1)CCO2)N1CCN(c2ccccc2Cl)CC1. The Kier molecular flexibility index (Phi) is 4.53. The molecule has 1 amide bonds. The summed E-state index contributed by atoms with van der Waals surface area (Å²) in [5.74, 6) is 1.15. The third-order valence-corrected chi connectivity index (χ3v) is 5.25. The van der Waals surface area contributed by atoms with Crippen LogP contribution in [0.2, 0.25) is 5.02 Å². The molecule has 0 spiro atoms. The first-order valence-electron chi connectivity index (χ1n) is 8.72. The number of carbonyl (C=O) groups excluding carboxylic acids is 1. The number of carbonyl (C=O) groups is 1. The molecule has 2 aromatic carbocycles. The first kappa shape index (κ1) is 16.3. The van der Waals surface area contributed by atoms with Gasteiger partial charge in [-0.15, -0.1) is 0 Å². The van der Waals surface area contributed by atoms with Gasteiger partial charge in [0.15, 0.2) is 0 Å². The Bertz CT molecular complexity index is 785. The van der Waals surface area contributed by atoms with E-state index in [9.17, 15) is 4.79 Å². The molecule has 0 N–H and O–H groups in total. The summed E-state index contributed by atoms with van der Waals surface area (Å²) < 4.78 is 5.53. The molecule has 1 fully saturated rings. The van der Waals surface area contributed by atoms with Gasteiger partial charge in [0, 0.05) is 32.6 Å².